The number of carbonyl (C=O) groups is 1. The molecule has 22 heavy (non-hydrogen) atoms. The van der Waals surface area contributed by atoms with E-state index in [0.717, 1.165) is 25.8 Å². The molecule has 0 spiro atoms. The molecule has 4 heteroatoms. The van der Waals surface area contributed by atoms with Gasteiger partial charge in [-0.1, -0.05) is 44.2 Å². The van der Waals surface area contributed by atoms with Crippen molar-refractivity contribution in [1.82, 2.24) is 10.2 Å². The average molecular weight is 304 g/mol. The second kappa shape index (κ2) is 7.63. The van der Waals surface area contributed by atoms with Crippen LogP contribution in [-0.2, 0) is 6.42 Å². The van der Waals surface area contributed by atoms with Crippen molar-refractivity contribution in [3.8, 4) is 0 Å². The first-order chi connectivity index (χ1) is 10.5. The van der Waals surface area contributed by atoms with E-state index in [-0.39, 0.29) is 24.0 Å². The number of nitrogens with zero attached hydrogens (tertiary/aromatic N) is 1. The zero-order valence-electron chi connectivity index (χ0n) is 13.7. The van der Waals surface area contributed by atoms with Gasteiger partial charge in [-0.25, -0.2) is 4.79 Å². The average Bonchev–Trinajstić information content (AvgIpc) is 2.53. The van der Waals surface area contributed by atoms with E-state index >= 15 is 0 Å². The SMILES string of the molecule is CC(C)(CNC(=O)N1CCCC(CO)C1)Cc1ccccc1. The molecule has 1 unspecified atom stereocenters. The van der Waals surface area contributed by atoms with Crippen molar-refractivity contribution in [2.45, 2.75) is 33.1 Å². The predicted molar refractivity (Wildman–Crippen MR) is 88.7 cm³/mol. The Morgan fingerprint density at radius 1 is 1.36 bits per heavy atom. The Hall–Kier alpha value is -1.55. The number of nitrogens with one attached hydrogen (secondary N) is 1. The molecule has 1 aliphatic rings. The zero-order chi connectivity index (χ0) is 16.0. The lowest BCUT2D eigenvalue weighted by atomic mass is 9.86. The van der Waals surface area contributed by atoms with E-state index < -0.39 is 0 Å². The molecule has 0 radical (unpaired) electrons. The van der Waals surface area contributed by atoms with Crippen LogP contribution in [0.25, 0.3) is 0 Å². The molecule has 0 aliphatic carbocycles. The summed E-state index contributed by atoms with van der Waals surface area (Å²) in [6.45, 7) is 6.63. The van der Waals surface area contributed by atoms with Crippen molar-refractivity contribution in [2.75, 3.05) is 26.2 Å². The Balaban J connectivity index is 1.81. The Kier molecular flexibility index (Phi) is 5.83. The van der Waals surface area contributed by atoms with Crippen LogP contribution < -0.4 is 5.32 Å². The Bertz CT molecular complexity index is 473. The van der Waals surface area contributed by atoms with Crippen LogP contribution in [0.1, 0.15) is 32.3 Å². The Morgan fingerprint density at radius 2 is 2.09 bits per heavy atom. The molecule has 1 heterocycles. The third kappa shape index (κ3) is 5.02. The summed E-state index contributed by atoms with van der Waals surface area (Å²) in [7, 11) is 0. The van der Waals surface area contributed by atoms with Gasteiger partial charge in [-0.15, -0.1) is 0 Å². The summed E-state index contributed by atoms with van der Waals surface area (Å²) in [5.74, 6) is 0.233. The zero-order valence-corrected chi connectivity index (χ0v) is 13.7. The molecule has 4 nitrogen and oxygen atoms in total. The maximum Gasteiger partial charge on any atom is 0.317 e. The first kappa shape index (κ1) is 16.8. The van der Waals surface area contributed by atoms with Crippen LogP contribution in [0.4, 0.5) is 4.79 Å². The number of amides is 2. The standard InChI is InChI=1S/C18H28N2O2/c1-18(2,11-15-7-4-3-5-8-15)14-19-17(22)20-10-6-9-16(12-20)13-21/h3-5,7-8,16,21H,6,9-14H2,1-2H3,(H,19,22). The fourth-order valence-corrected chi connectivity index (χ4v) is 3.04. The van der Waals surface area contributed by atoms with Gasteiger partial charge in [0.25, 0.3) is 0 Å². The number of benzene rings is 1. The van der Waals surface area contributed by atoms with Gasteiger partial charge in [0.05, 0.1) is 0 Å². The largest absolute Gasteiger partial charge is 0.396 e. The minimum atomic E-state index is -0.000660. The molecule has 0 aromatic heterocycles. The van der Waals surface area contributed by atoms with Gasteiger partial charge in [-0.2, -0.15) is 0 Å². The molecule has 1 aliphatic heterocycles. The number of carbonyl (C=O) groups excluding carboxylic acids is 1. The van der Waals surface area contributed by atoms with E-state index in [9.17, 15) is 9.90 Å². The van der Waals surface area contributed by atoms with Crippen LogP contribution in [0.15, 0.2) is 30.3 Å². The highest BCUT2D eigenvalue weighted by atomic mass is 16.3. The van der Waals surface area contributed by atoms with Crippen molar-refractivity contribution in [3.63, 3.8) is 0 Å². The van der Waals surface area contributed by atoms with Crippen LogP contribution in [0, 0.1) is 11.3 Å². The van der Waals surface area contributed by atoms with E-state index in [1.165, 1.54) is 5.56 Å². The summed E-state index contributed by atoms with van der Waals surface area (Å²) in [6.07, 6.45) is 2.93. The van der Waals surface area contributed by atoms with Gasteiger partial charge < -0.3 is 15.3 Å². The summed E-state index contributed by atoms with van der Waals surface area (Å²) in [6, 6.07) is 10.4. The summed E-state index contributed by atoms with van der Waals surface area (Å²) >= 11 is 0. The van der Waals surface area contributed by atoms with Gasteiger partial charge in [-0.05, 0) is 36.2 Å². The van der Waals surface area contributed by atoms with E-state index in [0.29, 0.717) is 13.1 Å². The maximum atomic E-state index is 12.3. The second-order valence-electron chi connectivity index (χ2n) is 7.12. The Morgan fingerprint density at radius 3 is 2.77 bits per heavy atom. The highest BCUT2D eigenvalue weighted by molar-refractivity contribution is 5.74. The number of rotatable bonds is 5. The molecule has 2 amide bonds. The minimum Gasteiger partial charge on any atom is -0.396 e. The normalized spacial score (nSPS) is 19.0. The van der Waals surface area contributed by atoms with E-state index in [4.69, 9.17) is 0 Å². The van der Waals surface area contributed by atoms with Gasteiger partial charge in [0.2, 0.25) is 0 Å². The molecule has 0 bridgehead atoms. The number of urea groups is 1. The number of likely N-dealkylation sites (tertiary alicyclic amines) is 1. The van der Waals surface area contributed by atoms with Crippen LogP contribution in [0.2, 0.25) is 0 Å². The lowest BCUT2D eigenvalue weighted by Crippen LogP contribution is -2.48. The van der Waals surface area contributed by atoms with Crippen molar-refractivity contribution in [2.24, 2.45) is 11.3 Å². The van der Waals surface area contributed by atoms with Crippen molar-refractivity contribution in [3.05, 3.63) is 35.9 Å². The van der Waals surface area contributed by atoms with Gasteiger partial charge in [0.15, 0.2) is 0 Å². The lowest BCUT2D eigenvalue weighted by molar-refractivity contribution is 0.127. The molecular weight excluding hydrogens is 276 g/mol. The molecule has 122 valence electrons. The molecule has 1 atom stereocenters. The number of hydrogen-bond acceptors (Lipinski definition) is 2. The van der Waals surface area contributed by atoms with Crippen LogP contribution in [-0.4, -0.2) is 42.3 Å². The third-order valence-electron chi connectivity index (χ3n) is 4.31. The summed E-state index contributed by atoms with van der Waals surface area (Å²) in [5, 5.41) is 12.3. The first-order valence-corrected chi connectivity index (χ1v) is 8.18. The fourth-order valence-electron chi connectivity index (χ4n) is 3.04. The lowest BCUT2D eigenvalue weighted by Gasteiger charge is -2.33. The third-order valence-corrected chi connectivity index (χ3v) is 4.31. The quantitative estimate of drug-likeness (QED) is 0.878. The summed E-state index contributed by atoms with van der Waals surface area (Å²) in [4.78, 5) is 14.1. The molecular formula is C18H28N2O2. The molecule has 1 aromatic rings. The summed E-state index contributed by atoms with van der Waals surface area (Å²) in [5.41, 5.74) is 1.31. The van der Waals surface area contributed by atoms with E-state index in [1.807, 2.05) is 23.1 Å². The maximum absolute atomic E-state index is 12.3. The van der Waals surface area contributed by atoms with Crippen molar-refractivity contribution < 1.29 is 9.90 Å². The van der Waals surface area contributed by atoms with Crippen LogP contribution >= 0.6 is 0 Å². The second-order valence-corrected chi connectivity index (χ2v) is 7.12. The van der Waals surface area contributed by atoms with Gasteiger partial charge >= 0.3 is 6.03 Å². The molecule has 2 N–H and O–H groups in total. The van der Waals surface area contributed by atoms with Crippen molar-refractivity contribution in [1.29, 1.82) is 0 Å². The predicted octanol–water partition coefficient (Wildman–Crippen LogP) is 2.67. The van der Waals surface area contributed by atoms with Crippen LogP contribution in [0.3, 0.4) is 0 Å². The van der Waals surface area contributed by atoms with Crippen LogP contribution in [0.5, 0.6) is 0 Å². The topological polar surface area (TPSA) is 52.6 Å². The van der Waals surface area contributed by atoms with E-state index in [2.05, 4.69) is 31.3 Å². The van der Waals surface area contributed by atoms with Crippen molar-refractivity contribution >= 4 is 6.03 Å². The molecule has 2 rings (SSSR count). The molecule has 0 saturated carbocycles. The fraction of sp³-hybridized carbons (Fsp3) is 0.611. The molecule has 1 saturated heterocycles. The number of aliphatic hydroxyl groups excluding tert-OH is 1. The number of piperidine rings is 1. The highest BCUT2D eigenvalue weighted by Crippen LogP contribution is 2.21. The molecule has 1 aromatic carbocycles. The number of hydrogen-bond donors (Lipinski definition) is 2. The highest BCUT2D eigenvalue weighted by Gasteiger charge is 2.25. The van der Waals surface area contributed by atoms with Gasteiger partial charge in [-0.3, -0.25) is 0 Å². The molecule has 1 fully saturated rings. The smallest absolute Gasteiger partial charge is 0.317 e. The monoisotopic (exact) mass is 304 g/mol. The van der Waals surface area contributed by atoms with Gasteiger partial charge in [0.1, 0.15) is 0 Å². The first-order valence-electron chi connectivity index (χ1n) is 8.18. The Labute approximate surface area is 133 Å². The van der Waals surface area contributed by atoms with Gasteiger partial charge in [0, 0.05) is 26.2 Å². The minimum absolute atomic E-state index is 0.000660. The van der Waals surface area contributed by atoms with E-state index in [1.54, 1.807) is 0 Å². The number of aliphatic hydroxyl groups is 1. The summed E-state index contributed by atoms with van der Waals surface area (Å²) < 4.78 is 0.